The van der Waals surface area contributed by atoms with Gasteiger partial charge >= 0.3 is 0 Å². The number of nitrogens with two attached hydrogens (primary N) is 1. The number of nitrogens with zero attached hydrogens (tertiary/aromatic N) is 1. The lowest BCUT2D eigenvalue weighted by Crippen LogP contribution is -2.54. The van der Waals surface area contributed by atoms with Crippen LogP contribution in [0.15, 0.2) is 9.42 Å². The van der Waals surface area contributed by atoms with E-state index in [1.807, 2.05) is 0 Å². The second-order valence-corrected chi connectivity index (χ2v) is 7.22. The maximum absolute atomic E-state index is 12.3. The predicted molar refractivity (Wildman–Crippen MR) is 84.3 cm³/mol. The van der Waals surface area contributed by atoms with E-state index < -0.39 is 27.5 Å². The molecule has 4 N–H and O–H groups in total. The van der Waals surface area contributed by atoms with E-state index in [0.717, 1.165) is 0 Å². The Morgan fingerprint density at radius 3 is 2.36 bits per heavy atom. The minimum Gasteiger partial charge on any atom is -0.360 e. The molecule has 1 heterocycles. The summed E-state index contributed by atoms with van der Waals surface area (Å²) in [6.07, 6.45) is 0. The van der Waals surface area contributed by atoms with Gasteiger partial charge in [-0.2, -0.15) is 4.72 Å². The average molecular weight is 355 g/mol. The summed E-state index contributed by atoms with van der Waals surface area (Å²) in [6, 6.07) is -0.950. The summed E-state index contributed by atoms with van der Waals surface area (Å²) >= 11 is 0. The maximum atomic E-state index is 12.3. The molecule has 1 rings (SSSR count). The number of hydrogen-bond donors (Lipinski definition) is 3. The lowest BCUT2D eigenvalue weighted by atomic mass is 10.1. The van der Waals surface area contributed by atoms with Crippen molar-refractivity contribution in [2.75, 3.05) is 6.54 Å². The third kappa shape index (κ3) is 4.94. The van der Waals surface area contributed by atoms with Gasteiger partial charge in [-0.1, -0.05) is 5.16 Å². The van der Waals surface area contributed by atoms with Gasteiger partial charge in [-0.25, -0.2) is 8.42 Å². The van der Waals surface area contributed by atoms with Crippen molar-refractivity contribution in [3.63, 3.8) is 0 Å². The van der Waals surface area contributed by atoms with E-state index in [1.54, 1.807) is 13.8 Å². The van der Waals surface area contributed by atoms with E-state index in [2.05, 4.69) is 15.2 Å². The van der Waals surface area contributed by atoms with Crippen LogP contribution >= 0.6 is 12.4 Å². The van der Waals surface area contributed by atoms with Crippen molar-refractivity contribution >= 4 is 28.3 Å². The van der Waals surface area contributed by atoms with E-state index in [9.17, 15) is 13.2 Å². The number of rotatable bonds is 6. The fourth-order valence-corrected chi connectivity index (χ4v) is 3.23. The molecular formula is C12H23ClN4O4S. The largest absolute Gasteiger partial charge is 0.360 e. The molecule has 0 bridgehead atoms. The first-order valence-electron chi connectivity index (χ1n) is 6.47. The monoisotopic (exact) mass is 354 g/mol. The summed E-state index contributed by atoms with van der Waals surface area (Å²) in [5, 5.41) is 6.27. The highest BCUT2D eigenvalue weighted by atomic mass is 35.5. The zero-order chi connectivity index (χ0) is 16.4. The van der Waals surface area contributed by atoms with Gasteiger partial charge in [-0.3, -0.25) is 4.79 Å². The predicted octanol–water partition coefficient (Wildman–Crippen LogP) is 0.234. The van der Waals surface area contributed by atoms with Gasteiger partial charge in [0.05, 0.1) is 6.04 Å². The summed E-state index contributed by atoms with van der Waals surface area (Å²) < 4.78 is 31.7. The van der Waals surface area contributed by atoms with Crippen molar-refractivity contribution in [3.05, 3.63) is 11.5 Å². The number of amides is 1. The van der Waals surface area contributed by atoms with Crippen molar-refractivity contribution in [1.82, 2.24) is 15.2 Å². The van der Waals surface area contributed by atoms with E-state index in [0.29, 0.717) is 0 Å². The second-order valence-electron chi connectivity index (χ2n) is 5.57. The summed E-state index contributed by atoms with van der Waals surface area (Å²) in [5.74, 6) is -0.282. The fourth-order valence-electron chi connectivity index (χ4n) is 1.70. The van der Waals surface area contributed by atoms with Crippen molar-refractivity contribution in [2.24, 2.45) is 5.73 Å². The van der Waals surface area contributed by atoms with Crippen LogP contribution in [0.2, 0.25) is 0 Å². The highest BCUT2D eigenvalue weighted by Gasteiger charge is 2.29. The van der Waals surface area contributed by atoms with Gasteiger partial charge in [0.2, 0.25) is 15.9 Å². The molecule has 8 nitrogen and oxygen atoms in total. The number of carbonyl (C=O) groups is 1. The summed E-state index contributed by atoms with van der Waals surface area (Å²) in [6.45, 7) is 8.21. The van der Waals surface area contributed by atoms with Crippen molar-refractivity contribution in [3.8, 4) is 0 Å². The lowest BCUT2D eigenvalue weighted by Gasteiger charge is -2.26. The quantitative estimate of drug-likeness (QED) is 0.671. The van der Waals surface area contributed by atoms with Crippen LogP contribution in [-0.4, -0.2) is 37.6 Å². The van der Waals surface area contributed by atoms with Gasteiger partial charge in [-0.15, -0.1) is 12.4 Å². The van der Waals surface area contributed by atoms with Gasteiger partial charge in [0.1, 0.15) is 10.6 Å². The van der Waals surface area contributed by atoms with Gasteiger partial charge in [0.15, 0.2) is 5.76 Å². The highest BCUT2D eigenvalue weighted by molar-refractivity contribution is 7.89. The van der Waals surface area contributed by atoms with Crippen LogP contribution in [0.1, 0.15) is 32.2 Å². The van der Waals surface area contributed by atoms with Crippen LogP contribution in [0, 0.1) is 13.8 Å². The van der Waals surface area contributed by atoms with E-state index >= 15 is 0 Å². The minimum atomic E-state index is -3.88. The average Bonchev–Trinajstić information content (AvgIpc) is 2.68. The molecule has 0 spiro atoms. The molecule has 0 saturated carbocycles. The van der Waals surface area contributed by atoms with Crippen LogP contribution in [0.4, 0.5) is 0 Å². The first-order chi connectivity index (χ1) is 9.50. The molecule has 1 aromatic rings. The van der Waals surface area contributed by atoms with Crippen LogP contribution in [0.25, 0.3) is 0 Å². The minimum absolute atomic E-state index is 0. The van der Waals surface area contributed by atoms with Crippen LogP contribution in [-0.2, 0) is 14.8 Å². The first kappa shape index (κ1) is 20.8. The van der Waals surface area contributed by atoms with E-state index in [4.69, 9.17) is 10.3 Å². The number of aromatic nitrogens is 1. The summed E-state index contributed by atoms with van der Waals surface area (Å²) in [7, 11) is -3.88. The zero-order valence-electron chi connectivity index (χ0n) is 13.3. The Kier molecular flexibility index (Phi) is 7.01. The second kappa shape index (κ2) is 7.40. The smallest absolute Gasteiger partial charge is 0.246 e. The molecular weight excluding hydrogens is 332 g/mol. The molecule has 0 aliphatic rings. The molecule has 1 atom stereocenters. The maximum Gasteiger partial charge on any atom is 0.246 e. The van der Waals surface area contributed by atoms with E-state index in [1.165, 1.54) is 20.8 Å². The Morgan fingerprint density at radius 2 is 1.95 bits per heavy atom. The van der Waals surface area contributed by atoms with Gasteiger partial charge in [0.25, 0.3) is 0 Å². The van der Waals surface area contributed by atoms with Crippen LogP contribution < -0.4 is 15.8 Å². The molecule has 0 fully saturated rings. The number of nitrogens with one attached hydrogen (secondary N) is 2. The SMILES string of the molecule is Cc1noc(C)c1S(=O)(=O)NC(C)C(=O)NC(C)(C)CN.Cl. The Bertz CT molecular complexity index is 608. The molecule has 128 valence electrons. The third-order valence-electron chi connectivity index (χ3n) is 2.93. The Labute approximate surface area is 136 Å². The molecule has 0 saturated heterocycles. The number of sulfonamides is 1. The molecule has 0 radical (unpaired) electrons. The molecule has 0 aliphatic carbocycles. The van der Waals surface area contributed by atoms with Gasteiger partial charge in [-0.05, 0) is 34.6 Å². The number of halogens is 1. The Hall–Kier alpha value is -1.16. The number of carbonyl (C=O) groups excluding carboxylic acids is 1. The van der Waals surface area contributed by atoms with Crippen molar-refractivity contribution < 1.29 is 17.7 Å². The Balaban J connectivity index is 0.00000441. The first-order valence-corrected chi connectivity index (χ1v) is 7.96. The normalized spacial score (nSPS) is 13.4. The van der Waals surface area contributed by atoms with Crippen molar-refractivity contribution in [1.29, 1.82) is 0 Å². The fraction of sp³-hybridized carbons (Fsp3) is 0.667. The van der Waals surface area contributed by atoms with E-state index in [-0.39, 0.29) is 35.3 Å². The number of aryl methyl sites for hydroxylation is 2. The summed E-state index contributed by atoms with van der Waals surface area (Å²) in [4.78, 5) is 12.0. The zero-order valence-corrected chi connectivity index (χ0v) is 14.9. The molecule has 10 heteroatoms. The third-order valence-corrected chi connectivity index (χ3v) is 4.72. The van der Waals surface area contributed by atoms with Crippen LogP contribution in [0.3, 0.4) is 0 Å². The summed E-state index contributed by atoms with van der Waals surface area (Å²) in [5.41, 5.74) is 5.16. The molecule has 1 aromatic heterocycles. The van der Waals surface area contributed by atoms with Crippen molar-refractivity contribution in [2.45, 2.75) is 51.1 Å². The van der Waals surface area contributed by atoms with Gasteiger partial charge in [0, 0.05) is 12.1 Å². The molecule has 22 heavy (non-hydrogen) atoms. The standard InChI is InChI=1S/C12H22N4O4S.ClH/c1-7-10(9(3)20-15-7)21(18,19)16-8(2)11(17)14-12(4,5)6-13;/h8,16H,6,13H2,1-5H3,(H,14,17);1H. The van der Waals surface area contributed by atoms with Gasteiger partial charge < -0.3 is 15.6 Å². The molecule has 0 aromatic carbocycles. The lowest BCUT2D eigenvalue weighted by molar-refractivity contribution is -0.123. The molecule has 1 unspecified atom stereocenters. The topological polar surface area (TPSA) is 127 Å². The Morgan fingerprint density at radius 1 is 1.41 bits per heavy atom. The highest BCUT2D eigenvalue weighted by Crippen LogP contribution is 2.18. The molecule has 1 amide bonds. The number of hydrogen-bond acceptors (Lipinski definition) is 6. The van der Waals surface area contributed by atoms with Crippen LogP contribution in [0.5, 0.6) is 0 Å². The molecule has 0 aliphatic heterocycles.